The molecule has 136 valence electrons. The fraction of sp³-hybridized carbons (Fsp3) is 0.450. The summed E-state index contributed by atoms with van der Waals surface area (Å²) >= 11 is 1.69. The maximum absolute atomic E-state index is 4.75. The topological polar surface area (TPSA) is 53.9 Å². The lowest BCUT2D eigenvalue weighted by atomic mass is 10.0. The van der Waals surface area contributed by atoms with Crippen LogP contribution in [0.5, 0.6) is 0 Å². The second-order valence-corrected chi connectivity index (χ2v) is 7.79. The first-order valence-corrected chi connectivity index (χ1v) is 10.3. The predicted molar refractivity (Wildman–Crippen MR) is 108 cm³/mol. The molecule has 1 unspecified atom stereocenters. The summed E-state index contributed by atoms with van der Waals surface area (Å²) in [6.45, 7) is 6.59. The molecule has 4 rings (SSSR count). The van der Waals surface area contributed by atoms with Gasteiger partial charge in [-0.25, -0.2) is 9.97 Å². The Balaban J connectivity index is 1.42. The highest BCUT2D eigenvalue weighted by molar-refractivity contribution is 7.16. The maximum atomic E-state index is 4.75. The summed E-state index contributed by atoms with van der Waals surface area (Å²) in [5, 5.41) is 6.96. The van der Waals surface area contributed by atoms with Crippen molar-refractivity contribution in [2.24, 2.45) is 0 Å². The standard InChI is InChI=1S/C20H25N5S/c1-3-18-23-19(17-8-13-26-20(17)24-18)22-16-6-11-25(12-7-16)14(2)15-4-9-21-10-5-15/h4-5,8-10,13-14,16H,3,6-7,11-12H2,1-2H3,(H,22,23,24). The van der Waals surface area contributed by atoms with Crippen LogP contribution in [0.25, 0.3) is 10.2 Å². The van der Waals surface area contributed by atoms with Crippen molar-refractivity contribution in [3.05, 3.63) is 47.4 Å². The lowest BCUT2D eigenvalue weighted by Crippen LogP contribution is -2.40. The molecule has 0 bridgehead atoms. The molecule has 1 aliphatic heterocycles. The molecule has 0 aromatic carbocycles. The minimum atomic E-state index is 0.438. The lowest BCUT2D eigenvalue weighted by Gasteiger charge is -2.36. The van der Waals surface area contributed by atoms with Gasteiger partial charge in [-0.1, -0.05) is 6.92 Å². The Morgan fingerprint density at radius 1 is 1.19 bits per heavy atom. The maximum Gasteiger partial charge on any atom is 0.138 e. The SMILES string of the molecule is CCc1nc(NC2CCN(C(C)c3ccncc3)CC2)c2ccsc2n1. The fourth-order valence-electron chi connectivity index (χ4n) is 3.64. The van der Waals surface area contributed by atoms with Crippen molar-refractivity contribution >= 4 is 27.4 Å². The lowest BCUT2D eigenvalue weighted by molar-refractivity contribution is 0.167. The first-order valence-electron chi connectivity index (χ1n) is 9.39. The van der Waals surface area contributed by atoms with Crippen LogP contribution in [-0.2, 0) is 6.42 Å². The fourth-order valence-corrected chi connectivity index (χ4v) is 4.43. The van der Waals surface area contributed by atoms with Crippen molar-refractivity contribution < 1.29 is 0 Å². The summed E-state index contributed by atoms with van der Waals surface area (Å²) in [5.74, 6) is 1.93. The number of rotatable bonds is 5. The van der Waals surface area contributed by atoms with Gasteiger partial charge in [0.05, 0.1) is 5.39 Å². The number of hydrogen-bond donors (Lipinski definition) is 1. The van der Waals surface area contributed by atoms with Gasteiger partial charge >= 0.3 is 0 Å². The van der Waals surface area contributed by atoms with Gasteiger partial charge in [-0.3, -0.25) is 9.88 Å². The molecular weight excluding hydrogens is 342 g/mol. The third kappa shape index (κ3) is 3.57. The van der Waals surface area contributed by atoms with Crippen LogP contribution in [0, 0.1) is 0 Å². The molecule has 5 nitrogen and oxygen atoms in total. The zero-order chi connectivity index (χ0) is 17.9. The van der Waals surface area contributed by atoms with Crippen molar-refractivity contribution in [3.8, 4) is 0 Å². The third-order valence-corrected chi connectivity index (χ3v) is 6.10. The highest BCUT2D eigenvalue weighted by Crippen LogP contribution is 2.29. The van der Waals surface area contributed by atoms with Crippen molar-refractivity contribution in [1.82, 2.24) is 19.9 Å². The normalized spacial score (nSPS) is 17.5. The quantitative estimate of drug-likeness (QED) is 0.729. The molecule has 1 aliphatic rings. The number of likely N-dealkylation sites (tertiary alicyclic amines) is 1. The van der Waals surface area contributed by atoms with E-state index in [0.29, 0.717) is 12.1 Å². The average Bonchev–Trinajstić information content (AvgIpc) is 3.17. The van der Waals surface area contributed by atoms with Crippen LogP contribution in [0.4, 0.5) is 5.82 Å². The molecule has 4 heterocycles. The predicted octanol–water partition coefficient (Wildman–Crippen LogP) is 4.29. The van der Waals surface area contributed by atoms with Crippen LogP contribution >= 0.6 is 11.3 Å². The Morgan fingerprint density at radius 2 is 1.96 bits per heavy atom. The molecule has 3 aromatic rings. The monoisotopic (exact) mass is 367 g/mol. The Bertz CT molecular complexity index is 855. The average molecular weight is 368 g/mol. The van der Waals surface area contributed by atoms with Gasteiger partial charge in [0, 0.05) is 44.0 Å². The van der Waals surface area contributed by atoms with E-state index >= 15 is 0 Å². The molecule has 1 atom stereocenters. The number of pyridine rings is 1. The molecule has 0 amide bonds. The van der Waals surface area contributed by atoms with Crippen molar-refractivity contribution in [1.29, 1.82) is 0 Å². The van der Waals surface area contributed by atoms with Gasteiger partial charge in [-0.15, -0.1) is 11.3 Å². The van der Waals surface area contributed by atoms with Crippen molar-refractivity contribution in [2.75, 3.05) is 18.4 Å². The molecule has 26 heavy (non-hydrogen) atoms. The van der Waals surface area contributed by atoms with E-state index in [4.69, 9.17) is 4.98 Å². The number of hydrogen-bond acceptors (Lipinski definition) is 6. The second-order valence-electron chi connectivity index (χ2n) is 6.89. The summed E-state index contributed by atoms with van der Waals surface area (Å²) in [6, 6.07) is 7.28. The van der Waals surface area contributed by atoms with E-state index in [1.807, 2.05) is 12.4 Å². The summed E-state index contributed by atoms with van der Waals surface area (Å²) in [6.07, 6.45) is 6.89. The van der Waals surface area contributed by atoms with Crippen LogP contribution in [-0.4, -0.2) is 39.0 Å². The minimum absolute atomic E-state index is 0.438. The van der Waals surface area contributed by atoms with Gasteiger partial charge in [0.15, 0.2) is 0 Å². The summed E-state index contributed by atoms with van der Waals surface area (Å²) in [4.78, 5) is 17.2. The number of piperidine rings is 1. The molecule has 0 saturated carbocycles. The Hall–Kier alpha value is -2.05. The van der Waals surface area contributed by atoms with E-state index in [-0.39, 0.29) is 0 Å². The van der Waals surface area contributed by atoms with Gasteiger partial charge in [-0.2, -0.15) is 0 Å². The minimum Gasteiger partial charge on any atom is -0.367 e. The van der Waals surface area contributed by atoms with Crippen molar-refractivity contribution in [2.45, 2.75) is 45.2 Å². The number of thiophene rings is 1. The summed E-state index contributed by atoms with van der Waals surface area (Å²) < 4.78 is 0. The van der Waals surface area contributed by atoms with E-state index in [2.05, 4.69) is 57.6 Å². The number of nitrogens with zero attached hydrogens (tertiary/aromatic N) is 4. The molecule has 0 radical (unpaired) electrons. The van der Waals surface area contributed by atoms with Crippen LogP contribution in [0.15, 0.2) is 36.0 Å². The van der Waals surface area contributed by atoms with Gasteiger partial charge in [-0.05, 0) is 48.9 Å². The molecule has 6 heteroatoms. The molecule has 1 saturated heterocycles. The summed E-state index contributed by atoms with van der Waals surface area (Å²) in [7, 11) is 0. The number of anilines is 1. The smallest absolute Gasteiger partial charge is 0.138 e. The zero-order valence-electron chi connectivity index (χ0n) is 15.4. The van der Waals surface area contributed by atoms with Crippen LogP contribution < -0.4 is 5.32 Å². The van der Waals surface area contributed by atoms with E-state index in [9.17, 15) is 0 Å². The second kappa shape index (κ2) is 7.68. The van der Waals surface area contributed by atoms with Crippen molar-refractivity contribution in [3.63, 3.8) is 0 Å². The molecule has 0 aliphatic carbocycles. The Morgan fingerprint density at radius 3 is 2.69 bits per heavy atom. The number of aromatic nitrogens is 3. The van der Waals surface area contributed by atoms with Crippen LogP contribution in [0.3, 0.4) is 0 Å². The van der Waals surface area contributed by atoms with E-state index in [1.165, 1.54) is 5.56 Å². The zero-order valence-corrected chi connectivity index (χ0v) is 16.2. The summed E-state index contributed by atoms with van der Waals surface area (Å²) in [5.41, 5.74) is 1.34. The van der Waals surface area contributed by atoms with E-state index in [1.54, 1.807) is 11.3 Å². The largest absolute Gasteiger partial charge is 0.367 e. The Kier molecular flexibility index (Phi) is 5.13. The van der Waals surface area contributed by atoms with Gasteiger partial charge in [0.25, 0.3) is 0 Å². The first kappa shape index (κ1) is 17.4. The molecule has 3 aromatic heterocycles. The van der Waals surface area contributed by atoms with Gasteiger partial charge in [0.1, 0.15) is 16.5 Å². The first-order chi connectivity index (χ1) is 12.7. The van der Waals surface area contributed by atoms with E-state index in [0.717, 1.165) is 54.2 Å². The van der Waals surface area contributed by atoms with Gasteiger partial charge in [0.2, 0.25) is 0 Å². The number of nitrogens with one attached hydrogen (secondary N) is 1. The van der Waals surface area contributed by atoms with Gasteiger partial charge < -0.3 is 5.32 Å². The molecule has 1 N–H and O–H groups in total. The Labute approximate surface area is 158 Å². The number of aryl methyl sites for hydroxylation is 1. The third-order valence-electron chi connectivity index (χ3n) is 5.29. The van der Waals surface area contributed by atoms with Crippen LogP contribution in [0.2, 0.25) is 0 Å². The molecule has 0 spiro atoms. The number of fused-ring (bicyclic) bond motifs is 1. The molecule has 1 fully saturated rings. The van der Waals surface area contributed by atoms with Crippen LogP contribution in [0.1, 0.15) is 44.1 Å². The highest BCUT2D eigenvalue weighted by atomic mass is 32.1. The highest BCUT2D eigenvalue weighted by Gasteiger charge is 2.24. The van der Waals surface area contributed by atoms with E-state index < -0.39 is 0 Å². The molecular formula is C20H25N5S.